The highest BCUT2D eigenvalue weighted by atomic mass is 15.0. The lowest BCUT2D eigenvalue weighted by molar-refractivity contribution is 1.18. The highest BCUT2D eigenvalue weighted by molar-refractivity contribution is 6.23. The molecule has 2 heteroatoms. The Morgan fingerprint density at radius 3 is 0.970 bits per heavy atom. The molecule has 2 aromatic heterocycles. The zero-order chi connectivity index (χ0) is 43.3. The van der Waals surface area contributed by atoms with Crippen molar-refractivity contribution in [3.8, 4) is 44.8 Å². The quantitative estimate of drug-likeness (QED) is 0.163. The molecular weight excluding hydrogens is 797 g/mol. The first kappa shape index (κ1) is 36.7. The van der Waals surface area contributed by atoms with E-state index < -0.39 is 0 Å². The lowest BCUT2D eigenvalue weighted by Crippen LogP contribution is -1.95. The summed E-state index contributed by atoms with van der Waals surface area (Å²) in [5.74, 6) is 0. The van der Waals surface area contributed by atoms with E-state index in [0.717, 1.165) is 11.4 Å². The SMILES string of the molecule is c1ccc2cc(-c3ccc(-n4c5cc(-c6ccc7c8c9ccccc9ccc8n(-c8ccc(-c9ccc%10ccccc%10c9)cc8)c7c6)ccc5c5c6ccccc6ccc54)cc3)ccc2c1. The van der Waals surface area contributed by atoms with Gasteiger partial charge in [-0.2, -0.15) is 0 Å². The summed E-state index contributed by atoms with van der Waals surface area (Å²) in [4.78, 5) is 0. The largest absolute Gasteiger partial charge is 0.309 e. The smallest absolute Gasteiger partial charge is 0.0547 e. The molecule has 0 spiro atoms. The molecule has 0 N–H and O–H groups in total. The second kappa shape index (κ2) is 14.4. The van der Waals surface area contributed by atoms with E-state index in [2.05, 4.69) is 252 Å². The Hall–Kier alpha value is -8.72. The number of rotatable bonds is 5. The Morgan fingerprint density at radius 1 is 0.197 bits per heavy atom. The van der Waals surface area contributed by atoms with Crippen LogP contribution >= 0.6 is 0 Å². The molecular formula is C64H40N2. The first-order valence-corrected chi connectivity index (χ1v) is 22.8. The lowest BCUT2D eigenvalue weighted by Gasteiger charge is -2.12. The Labute approximate surface area is 381 Å². The van der Waals surface area contributed by atoms with E-state index >= 15 is 0 Å². The summed E-state index contributed by atoms with van der Waals surface area (Å²) >= 11 is 0. The van der Waals surface area contributed by atoms with Crippen molar-refractivity contribution in [2.75, 3.05) is 0 Å². The van der Waals surface area contributed by atoms with Crippen molar-refractivity contribution >= 4 is 86.7 Å². The minimum atomic E-state index is 1.14. The van der Waals surface area contributed by atoms with Crippen molar-refractivity contribution in [2.24, 2.45) is 0 Å². The van der Waals surface area contributed by atoms with Gasteiger partial charge in [0.1, 0.15) is 0 Å². The van der Waals surface area contributed by atoms with Crippen LogP contribution in [0.1, 0.15) is 0 Å². The predicted octanol–water partition coefficient (Wildman–Crippen LogP) is 17.5. The zero-order valence-electron chi connectivity index (χ0n) is 36.0. The van der Waals surface area contributed by atoms with E-state index in [9.17, 15) is 0 Å². The Balaban J connectivity index is 0.944. The molecule has 0 radical (unpaired) electrons. The van der Waals surface area contributed by atoms with Crippen molar-refractivity contribution in [3.05, 3.63) is 243 Å². The van der Waals surface area contributed by atoms with E-state index in [0.29, 0.717) is 0 Å². The molecule has 14 aromatic rings. The molecule has 12 aromatic carbocycles. The van der Waals surface area contributed by atoms with E-state index in [1.54, 1.807) is 0 Å². The molecule has 14 rings (SSSR count). The van der Waals surface area contributed by atoms with Gasteiger partial charge in [-0.25, -0.2) is 0 Å². The van der Waals surface area contributed by atoms with Crippen molar-refractivity contribution in [1.82, 2.24) is 9.13 Å². The van der Waals surface area contributed by atoms with Crippen LogP contribution in [0, 0.1) is 0 Å². The van der Waals surface area contributed by atoms with Crippen LogP contribution in [0.15, 0.2) is 243 Å². The molecule has 0 bridgehead atoms. The van der Waals surface area contributed by atoms with Crippen molar-refractivity contribution in [1.29, 1.82) is 0 Å². The van der Waals surface area contributed by atoms with Gasteiger partial charge in [0.25, 0.3) is 0 Å². The van der Waals surface area contributed by atoms with Gasteiger partial charge in [0.05, 0.1) is 22.1 Å². The molecule has 0 amide bonds. The maximum absolute atomic E-state index is 2.46. The summed E-state index contributed by atoms with van der Waals surface area (Å²) < 4.78 is 4.92. The lowest BCUT2D eigenvalue weighted by atomic mass is 9.99. The van der Waals surface area contributed by atoms with Crippen LogP contribution in [-0.4, -0.2) is 9.13 Å². The molecule has 0 unspecified atom stereocenters. The van der Waals surface area contributed by atoms with Gasteiger partial charge in [-0.3, -0.25) is 0 Å². The van der Waals surface area contributed by atoms with Gasteiger partial charge >= 0.3 is 0 Å². The van der Waals surface area contributed by atoms with Crippen LogP contribution in [-0.2, 0) is 0 Å². The van der Waals surface area contributed by atoms with Crippen LogP contribution in [0.3, 0.4) is 0 Å². The van der Waals surface area contributed by atoms with E-state index in [1.807, 2.05) is 0 Å². The number of benzene rings is 12. The van der Waals surface area contributed by atoms with Gasteiger partial charge in [-0.15, -0.1) is 0 Å². The number of fused-ring (bicyclic) bond motifs is 12. The molecule has 0 aliphatic rings. The highest BCUT2D eigenvalue weighted by Crippen LogP contribution is 2.42. The molecule has 2 nitrogen and oxygen atoms in total. The third kappa shape index (κ3) is 5.68. The average molecular weight is 837 g/mol. The molecule has 66 heavy (non-hydrogen) atoms. The summed E-state index contributed by atoms with van der Waals surface area (Å²) in [5, 5.41) is 15.1. The second-order valence-corrected chi connectivity index (χ2v) is 17.7. The molecule has 0 aliphatic heterocycles. The fourth-order valence-corrected chi connectivity index (χ4v) is 10.8. The summed E-state index contributed by atoms with van der Waals surface area (Å²) in [6.45, 7) is 0. The highest BCUT2D eigenvalue weighted by Gasteiger charge is 2.19. The average Bonchev–Trinajstić information content (AvgIpc) is 3.91. The molecule has 0 fully saturated rings. The second-order valence-electron chi connectivity index (χ2n) is 17.7. The minimum absolute atomic E-state index is 1.14. The maximum Gasteiger partial charge on any atom is 0.0547 e. The molecule has 0 atom stereocenters. The van der Waals surface area contributed by atoms with Gasteiger partial charge in [0, 0.05) is 32.9 Å². The number of hydrogen-bond acceptors (Lipinski definition) is 0. The topological polar surface area (TPSA) is 9.86 Å². The Morgan fingerprint density at radius 2 is 0.530 bits per heavy atom. The molecule has 0 saturated carbocycles. The first-order chi connectivity index (χ1) is 32.7. The monoisotopic (exact) mass is 836 g/mol. The van der Waals surface area contributed by atoms with Gasteiger partial charge in [-0.05, 0) is 137 Å². The fourth-order valence-electron chi connectivity index (χ4n) is 10.8. The standard InChI is InChI=1S/C64H40N2/c1-3-13-47-37-49(19-17-41(47)9-1)43-21-29-53(30-22-43)65-59-35-27-45-11-5-7-15-55(45)63(59)57-33-25-51(39-61(57)65)52-26-34-58-62(40-52)66(60-36-28-46-12-6-8-16-56(46)64(58)60)54-31-23-44(24-32-54)50-20-18-42-10-2-4-14-48(42)38-50/h1-40H. The van der Waals surface area contributed by atoms with Gasteiger partial charge in [-0.1, -0.05) is 182 Å². The Kier molecular flexibility index (Phi) is 8.02. The van der Waals surface area contributed by atoms with Crippen molar-refractivity contribution < 1.29 is 0 Å². The predicted molar refractivity (Wildman–Crippen MR) is 281 cm³/mol. The van der Waals surface area contributed by atoms with E-state index in [1.165, 1.54) is 120 Å². The number of nitrogens with zero attached hydrogens (tertiary/aromatic N) is 2. The van der Waals surface area contributed by atoms with E-state index in [-0.39, 0.29) is 0 Å². The van der Waals surface area contributed by atoms with Crippen LogP contribution < -0.4 is 0 Å². The number of aromatic nitrogens is 2. The fraction of sp³-hybridized carbons (Fsp3) is 0. The summed E-state index contributed by atoms with van der Waals surface area (Å²) in [7, 11) is 0. The summed E-state index contributed by atoms with van der Waals surface area (Å²) in [6, 6.07) is 89.7. The minimum Gasteiger partial charge on any atom is -0.309 e. The summed E-state index contributed by atoms with van der Waals surface area (Å²) in [6.07, 6.45) is 0. The first-order valence-electron chi connectivity index (χ1n) is 22.8. The van der Waals surface area contributed by atoms with Gasteiger partial charge in [0.2, 0.25) is 0 Å². The zero-order valence-corrected chi connectivity index (χ0v) is 36.0. The third-order valence-corrected chi connectivity index (χ3v) is 14.1. The normalized spacial score (nSPS) is 11.9. The van der Waals surface area contributed by atoms with Crippen LogP contribution in [0.4, 0.5) is 0 Å². The van der Waals surface area contributed by atoms with Crippen molar-refractivity contribution in [2.45, 2.75) is 0 Å². The van der Waals surface area contributed by atoms with E-state index in [4.69, 9.17) is 0 Å². The third-order valence-electron chi connectivity index (χ3n) is 14.1. The molecule has 306 valence electrons. The van der Waals surface area contributed by atoms with Crippen LogP contribution in [0.2, 0.25) is 0 Å². The Bertz CT molecular complexity index is 3980. The molecule has 0 aliphatic carbocycles. The molecule has 0 saturated heterocycles. The number of hydrogen-bond donors (Lipinski definition) is 0. The summed E-state index contributed by atoms with van der Waals surface area (Å²) in [5.41, 5.74) is 14.3. The van der Waals surface area contributed by atoms with Crippen LogP contribution in [0.25, 0.3) is 131 Å². The van der Waals surface area contributed by atoms with Gasteiger partial charge < -0.3 is 9.13 Å². The van der Waals surface area contributed by atoms with Crippen LogP contribution in [0.5, 0.6) is 0 Å². The molecule has 2 heterocycles. The van der Waals surface area contributed by atoms with Gasteiger partial charge in [0.15, 0.2) is 0 Å². The van der Waals surface area contributed by atoms with Crippen molar-refractivity contribution in [3.63, 3.8) is 0 Å². The maximum atomic E-state index is 2.46.